The minimum Gasteiger partial charge on any atom is -0.466 e. The molecule has 0 bridgehead atoms. The number of unbranched alkanes of at least 4 members (excludes halogenated alkanes) is 2. The van der Waals surface area contributed by atoms with Crippen LogP contribution in [-0.4, -0.2) is 25.7 Å². The summed E-state index contributed by atoms with van der Waals surface area (Å²) in [5.74, 6) is -0.247. The Bertz CT molecular complexity index is 396. The molecule has 1 rings (SSSR count). The van der Waals surface area contributed by atoms with Gasteiger partial charge in [0.2, 0.25) is 0 Å². The zero-order valence-corrected chi connectivity index (χ0v) is 12.2. The van der Waals surface area contributed by atoms with Crippen LogP contribution in [0.15, 0.2) is 24.3 Å². The van der Waals surface area contributed by atoms with Crippen LogP contribution >= 0.6 is 0 Å². The average molecular weight is 281 g/mol. The van der Waals surface area contributed by atoms with Gasteiger partial charge in [-0.25, -0.2) is 4.39 Å². The maximum Gasteiger partial charge on any atom is 0.305 e. The molecule has 0 aliphatic rings. The number of rotatable bonds is 10. The zero-order valence-electron chi connectivity index (χ0n) is 12.2. The van der Waals surface area contributed by atoms with Gasteiger partial charge in [0.1, 0.15) is 5.82 Å². The van der Waals surface area contributed by atoms with Gasteiger partial charge in [-0.1, -0.05) is 24.6 Å². The number of hydrogen-bond acceptors (Lipinski definition) is 3. The van der Waals surface area contributed by atoms with Crippen molar-refractivity contribution >= 4 is 5.97 Å². The van der Waals surface area contributed by atoms with Gasteiger partial charge in [0.05, 0.1) is 6.61 Å². The molecule has 4 heteroatoms. The van der Waals surface area contributed by atoms with Crippen LogP contribution in [0.1, 0.15) is 38.2 Å². The molecular formula is C16H24FNO2. The summed E-state index contributed by atoms with van der Waals surface area (Å²) in [6.45, 7) is 3.95. The van der Waals surface area contributed by atoms with Crippen LogP contribution in [0, 0.1) is 5.82 Å². The smallest absolute Gasteiger partial charge is 0.305 e. The normalized spacial score (nSPS) is 10.5. The summed E-state index contributed by atoms with van der Waals surface area (Å²) in [6.07, 6.45) is 4.11. The second-order valence-electron chi connectivity index (χ2n) is 4.71. The molecule has 20 heavy (non-hydrogen) atoms. The van der Waals surface area contributed by atoms with E-state index in [1.54, 1.807) is 6.07 Å². The maximum absolute atomic E-state index is 13.3. The van der Waals surface area contributed by atoms with Gasteiger partial charge < -0.3 is 10.1 Å². The van der Waals surface area contributed by atoms with E-state index < -0.39 is 0 Å². The summed E-state index contributed by atoms with van der Waals surface area (Å²) in [6, 6.07) is 6.87. The first-order valence-electron chi connectivity index (χ1n) is 7.33. The molecule has 1 aromatic carbocycles. The molecule has 0 aliphatic heterocycles. The van der Waals surface area contributed by atoms with Crippen molar-refractivity contribution < 1.29 is 13.9 Å². The number of hydrogen-bond donors (Lipinski definition) is 1. The van der Waals surface area contributed by atoms with Crippen LogP contribution < -0.4 is 5.32 Å². The number of carbonyl (C=O) groups is 1. The van der Waals surface area contributed by atoms with Gasteiger partial charge in [0, 0.05) is 6.42 Å². The lowest BCUT2D eigenvalue weighted by molar-refractivity contribution is -0.143. The van der Waals surface area contributed by atoms with Gasteiger partial charge in [-0.05, 0) is 50.9 Å². The number of carbonyl (C=O) groups excluding carboxylic acids is 1. The molecule has 0 spiro atoms. The van der Waals surface area contributed by atoms with Crippen LogP contribution in [0.4, 0.5) is 4.39 Å². The lowest BCUT2D eigenvalue weighted by Crippen LogP contribution is -2.19. The van der Waals surface area contributed by atoms with E-state index in [0.717, 1.165) is 37.9 Å². The number of esters is 1. The van der Waals surface area contributed by atoms with Gasteiger partial charge in [-0.2, -0.15) is 0 Å². The summed E-state index contributed by atoms with van der Waals surface area (Å²) in [5, 5.41) is 3.29. The molecule has 0 aliphatic carbocycles. The topological polar surface area (TPSA) is 38.3 Å². The molecular weight excluding hydrogens is 257 g/mol. The Labute approximate surface area is 120 Å². The molecule has 0 fully saturated rings. The van der Waals surface area contributed by atoms with Gasteiger partial charge in [-0.3, -0.25) is 4.79 Å². The molecule has 0 saturated carbocycles. The standard InChI is InChI=1S/C16H24FNO2/c1-2-20-16(19)10-4-3-7-12-18-13-11-14-8-5-6-9-15(14)17/h5-6,8-9,18H,2-4,7,10-13H2,1H3. The predicted octanol–water partition coefficient (Wildman–Crippen LogP) is 3.08. The van der Waals surface area contributed by atoms with Crippen molar-refractivity contribution in [2.45, 2.75) is 39.0 Å². The van der Waals surface area contributed by atoms with Crippen molar-refractivity contribution in [3.05, 3.63) is 35.6 Å². The molecule has 0 atom stereocenters. The minimum absolute atomic E-state index is 0.111. The highest BCUT2D eigenvalue weighted by atomic mass is 19.1. The molecule has 0 saturated heterocycles. The molecule has 0 unspecified atom stereocenters. The van der Waals surface area contributed by atoms with Gasteiger partial charge in [0.15, 0.2) is 0 Å². The van der Waals surface area contributed by atoms with Gasteiger partial charge in [0.25, 0.3) is 0 Å². The summed E-state index contributed by atoms with van der Waals surface area (Å²) in [7, 11) is 0. The first-order chi connectivity index (χ1) is 9.74. The van der Waals surface area contributed by atoms with E-state index in [4.69, 9.17) is 4.74 Å². The van der Waals surface area contributed by atoms with Crippen molar-refractivity contribution in [2.24, 2.45) is 0 Å². The van der Waals surface area contributed by atoms with Gasteiger partial charge >= 0.3 is 5.97 Å². The van der Waals surface area contributed by atoms with E-state index in [2.05, 4.69) is 5.32 Å². The second kappa shape index (κ2) is 10.4. The van der Waals surface area contributed by atoms with E-state index in [1.807, 2.05) is 19.1 Å². The quantitative estimate of drug-likeness (QED) is 0.529. The minimum atomic E-state index is -0.135. The highest BCUT2D eigenvalue weighted by Crippen LogP contribution is 2.06. The van der Waals surface area contributed by atoms with Crippen LogP contribution in [0.25, 0.3) is 0 Å². The Balaban J connectivity index is 1.95. The molecule has 1 aromatic rings. The summed E-state index contributed by atoms with van der Waals surface area (Å²) < 4.78 is 18.2. The van der Waals surface area contributed by atoms with Crippen molar-refractivity contribution in [2.75, 3.05) is 19.7 Å². The van der Waals surface area contributed by atoms with Crippen LogP contribution in [-0.2, 0) is 16.0 Å². The van der Waals surface area contributed by atoms with E-state index in [1.165, 1.54) is 6.07 Å². The van der Waals surface area contributed by atoms with E-state index in [0.29, 0.717) is 19.4 Å². The average Bonchev–Trinajstić information content (AvgIpc) is 2.44. The van der Waals surface area contributed by atoms with Crippen LogP contribution in [0.5, 0.6) is 0 Å². The fraction of sp³-hybridized carbons (Fsp3) is 0.562. The molecule has 0 heterocycles. The third-order valence-electron chi connectivity index (χ3n) is 3.07. The summed E-state index contributed by atoms with van der Waals surface area (Å²) >= 11 is 0. The van der Waals surface area contributed by atoms with E-state index in [9.17, 15) is 9.18 Å². The Morgan fingerprint density at radius 3 is 2.75 bits per heavy atom. The SMILES string of the molecule is CCOC(=O)CCCCCNCCc1ccccc1F. The van der Waals surface area contributed by atoms with Crippen LogP contribution in [0.3, 0.4) is 0 Å². The Hall–Kier alpha value is -1.42. The van der Waals surface area contributed by atoms with E-state index in [-0.39, 0.29) is 11.8 Å². The molecule has 0 amide bonds. The van der Waals surface area contributed by atoms with Crippen molar-refractivity contribution in [3.8, 4) is 0 Å². The molecule has 112 valence electrons. The fourth-order valence-electron chi connectivity index (χ4n) is 1.98. The largest absolute Gasteiger partial charge is 0.466 e. The molecule has 1 N–H and O–H groups in total. The van der Waals surface area contributed by atoms with Crippen LogP contribution in [0.2, 0.25) is 0 Å². The Morgan fingerprint density at radius 1 is 1.20 bits per heavy atom. The lowest BCUT2D eigenvalue weighted by atomic mass is 10.1. The maximum atomic E-state index is 13.3. The van der Waals surface area contributed by atoms with E-state index >= 15 is 0 Å². The number of nitrogens with one attached hydrogen (secondary N) is 1. The monoisotopic (exact) mass is 281 g/mol. The first kappa shape index (κ1) is 16.6. The number of benzene rings is 1. The van der Waals surface area contributed by atoms with Crippen molar-refractivity contribution in [1.82, 2.24) is 5.32 Å². The van der Waals surface area contributed by atoms with Gasteiger partial charge in [-0.15, -0.1) is 0 Å². The van der Waals surface area contributed by atoms with Crippen molar-refractivity contribution in [3.63, 3.8) is 0 Å². The number of ether oxygens (including phenoxy) is 1. The van der Waals surface area contributed by atoms with Crippen molar-refractivity contribution in [1.29, 1.82) is 0 Å². The Kier molecular flexibility index (Phi) is 8.63. The Morgan fingerprint density at radius 2 is 2.00 bits per heavy atom. The second-order valence-corrected chi connectivity index (χ2v) is 4.71. The number of halogens is 1. The lowest BCUT2D eigenvalue weighted by Gasteiger charge is -2.06. The summed E-state index contributed by atoms with van der Waals surface area (Å²) in [4.78, 5) is 11.1. The molecule has 3 nitrogen and oxygen atoms in total. The summed E-state index contributed by atoms with van der Waals surface area (Å²) in [5.41, 5.74) is 0.752. The third kappa shape index (κ3) is 7.24. The highest BCUT2D eigenvalue weighted by molar-refractivity contribution is 5.69. The fourth-order valence-corrected chi connectivity index (χ4v) is 1.98. The zero-order chi connectivity index (χ0) is 14.6. The highest BCUT2D eigenvalue weighted by Gasteiger charge is 2.01. The third-order valence-corrected chi connectivity index (χ3v) is 3.07. The first-order valence-corrected chi connectivity index (χ1v) is 7.33. The molecule has 0 aromatic heterocycles. The molecule has 0 radical (unpaired) electrons. The predicted molar refractivity (Wildman–Crippen MR) is 78.1 cm³/mol.